The molecule has 0 bridgehead atoms. The van der Waals surface area contributed by atoms with Crippen LogP contribution in [0.5, 0.6) is 0 Å². The van der Waals surface area contributed by atoms with E-state index in [-0.39, 0.29) is 5.41 Å². The lowest BCUT2D eigenvalue weighted by Crippen LogP contribution is -2.38. The zero-order valence-corrected chi connectivity index (χ0v) is 10.3. The normalized spacial score (nSPS) is 14.2. The summed E-state index contributed by atoms with van der Waals surface area (Å²) in [6.45, 7) is 11.6. The van der Waals surface area contributed by atoms with Gasteiger partial charge in [0.2, 0.25) is 5.89 Å². The highest BCUT2D eigenvalue weighted by Crippen LogP contribution is 2.18. The maximum Gasteiger partial charge on any atom is 0.227 e. The van der Waals surface area contributed by atoms with E-state index in [1.54, 1.807) is 0 Å². The summed E-state index contributed by atoms with van der Waals surface area (Å²) < 4.78 is 5.03. The summed E-state index contributed by atoms with van der Waals surface area (Å²) in [6, 6.07) is 0.474. The van der Waals surface area contributed by atoms with E-state index in [1.165, 1.54) is 0 Å². The van der Waals surface area contributed by atoms with Gasteiger partial charge in [-0.3, -0.25) is 0 Å². The number of hydrogen-bond donors (Lipinski definition) is 1. The van der Waals surface area contributed by atoms with Crippen LogP contribution in [0.4, 0.5) is 0 Å². The average molecular weight is 211 g/mol. The second-order valence-electron chi connectivity index (χ2n) is 5.03. The Labute approximate surface area is 91.5 Å². The van der Waals surface area contributed by atoms with E-state index in [2.05, 4.69) is 43.2 Å². The van der Waals surface area contributed by atoms with Crippen molar-refractivity contribution in [3.8, 4) is 0 Å². The first-order chi connectivity index (χ1) is 6.89. The molecule has 1 aromatic rings. The van der Waals surface area contributed by atoms with Gasteiger partial charge in [-0.2, -0.15) is 4.98 Å². The molecule has 0 aliphatic carbocycles. The maximum absolute atomic E-state index is 5.03. The number of rotatable bonds is 4. The molecule has 0 saturated heterocycles. The Balaban J connectivity index is 2.28. The SMILES string of the molecule is Cc1noc(CCNC(C)C(C)(C)C)n1. The van der Waals surface area contributed by atoms with Gasteiger partial charge in [-0.25, -0.2) is 0 Å². The van der Waals surface area contributed by atoms with Gasteiger partial charge in [-0.1, -0.05) is 25.9 Å². The van der Waals surface area contributed by atoms with Crippen LogP contribution in [0, 0.1) is 12.3 Å². The molecule has 1 N–H and O–H groups in total. The van der Waals surface area contributed by atoms with E-state index in [0.29, 0.717) is 17.8 Å². The van der Waals surface area contributed by atoms with Crippen LogP contribution in [-0.4, -0.2) is 22.7 Å². The molecule has 4 nitrogen and oxygen atoms in total. The average Bonchev–Trinajstić information content (AvgIpc) is 2.49. The molecule has 1 unspecified atom stereocenters. The summed E-state index contributed by atoms with van der Waals surface area (Å²) in [4.78, 5) is 4.15. The maximum atomic E-state index is 5.03. The van der Waals surface area contributed by atoms with Crippen molar-refractivity contribution in [2.45, 2.75) is 47.1 Å². The van der Waals surface area contributed by atoms with Crippen molar-refractivity contribution in [2.24, 2.45) is 5.41 Å². The number of aromatic nitrogens is 2. The summed E-state index contributed by atoms with van der Waals surface area (Å²) in [7, 11) is 0. The molecule has 0 radical (unpaired) electrons. The molecule has 0 amide bonds. The van der Waals surface area contributed by atoms with Crippen molar-refractivity contribution < 1.29 is 4.52 Å². The number of hydrogen-bond acceptors (Lipinski definition) is 4. The Morgan fingerprint density at radius 3 is 2.53 bits per heavy atom. The molecule has 0 spiro atoms. The molecule has 0 aromatic carbocycles. The second-order valence-corrected chi connectivity index (χ2v) is 5.03. The molecule has 1 heterocycles. The first-order valence-electron chi connectivity index (χ1n) is 5.42. The highest BCUT2D eigenvalue weighted by atomic mass is 16.5. The topological polar surface area (TPSA) is 51.0 Å². The molecular weight excluding hydrogens is 190 g/mol. The molecule has 0 aliphatic heterocycles. The summed E-state index contributed by atoms with van der Waals surface area (Å²) in [6.07, 6.45) is 0.793. The number of aryl methyl sites for hydroxylation is 1. The molecule has 0 aliphatic rings. The van der Waals surface area contributed by atoms with Crippen LogP contribution in [0.3, 0.4) is 0 Å². The molecule has 86 valence electrons. The fourth-order valence-corrected chi connectivity index (χ4v) is 1.14. The van der Waals surface area contributed by atoms with Crippen molar-refractivity contribution in [1.29, 1.82) is 0 Å². The minimum atomic E-state index is 0.282. The van der Waals surface area contributed by atoms with Crippen LogP contribution < -0.4 is 5.32 Å². The summed E-state index contributed by atoms with van der Waals surface area (Å²) in [5, 5.41) is 7.20. The molecule has 4 heteroatoms. The van der Waals surface area contributed by atoms with Gasteiger partial charge >= 0.3 is 0 Å². The standard InChI is InChI=1S/C11H21N3O/c1-8(11(3,4)5)12-7-6-10-13-9(2)14-15-10/h8,12H,6-7H2,1-5H3. The minimum Gasteiger partial charge on any atom is -0.339 e. The zero-order valence-electron chi connectivity index (χ0n) is 10.3. The van der Waals surface area contributed by atoms with Crippen molar-refractivity contribution in [3.05, 3.63) is 11.7 Å². The van der Waals surface area contributed by atoms with Gasteiger partial charge in [0.05, 0.1) is 0 Å². The minimum absolute atomic E-state index is 0.282. The Hall–Kier alpha value is -0.900. The van der Waals surface area contributed by atoms with Crippen molar-refractivity contribution in [1.82, 2.24) is 15.5 Å². The van der Waals surface area contributed by atoms with E-state index in [1.807, 2.05) is 6.92 Å². The van der Waals surface area contributed by atoms with E-state index >= 15 is 0 Å². The van der Waals surface area contributed by atoms with Crippen LogP contribution in [0.15, 0.2) is 4.52 Å². The van der Waals surface area contributed by atoms with Gasteiger partial charge in [0.1, 0.15) is 0 Å². The molecule has 1 atom stereocenters. The van der Waals surface area contributed by atoms with E-state index in [0.717, 1.165) is 13.0 Å². The fourth-order valence-electron chi connectivity index (χ4n) is 1.14. The number of nitrogens with one attached hydrogen (secondary N) is 1. The van der Waals surface area contributed by atoms with E-state index in [4.69, 9.17) is 4.52 Å². The smallest absolute Gasteiger partial charge is 0.227 e. The van der Waals surface area contributed by atoms with Crippen molar-refractivity contribution in [3.63, 3.8) is 0 Å². The van der Waals surface area contributed by atoms with Gasteiger partial charge in [-0.15, -0.1) is 0 Å². The largest absolute Gasteiger partial charge is 0.339 e. The molecule has 15 heavy (non-hydrogen) atoms. The van der Waals surface area contributed by atoms with Crippen LogP contribution in [0.25, 0.3) is 0 Å². The van der Waals surface area contributed by atoms with Crippen molar-refractivity contribution >= 4 is 0 Å². The van der Waals surface area contributed by atoms with Crippen LogP contribution >= 0.6 is 0 Å². The Morgan fingerprint density at radius 1 is 1.40 bits per heavy atom. The van der Waals surface area contributed by atoms with Crippen LogP contribution in [0.1, 0.15) is 39.4 Å². The zero-order chi connectivity index (χ0) is 11.5. The fraction of sp³-hybridized carbons (Fsp3) is 0.818. The quantitative estimate of drug-likeness (QED) is 0.827. The van der Waals surface area contributed by atoms with Gasteiger partial charge in [-0.05, 0) is 19.3 Å². The highest BCUT2D eigenvalue weighted by Gasteiger charge is 2.19. The van der Waals surface area contributed by atoms with Crippen LogP contribution in [-0.2, 0) is 6.42 Å². The highest BCUT2D eigenvalue weighted by molar-refractivity contribution is 4.84. The van der Waals surface area contributed by atoms with Gasteiger partial charge < -0.3 is 9.84 Å². The number of nitrogens with zero attached hydrogens (tertiary/aromatic N) is 2. The monoisotopic (exact) mass is 211 g/mol. The lowest BCUT2D eigenvalue weighted by atomic mass is 9.88. The Bertz CT molecular complexity index is 301. The summed E-state index contributed by atoms with van der Waals surface area (Å²) >= 11 is 0. The lowest BCUT2D eigenvalue weighted by Gasteiger charge is -2.28. The second kappa shape index (κ2) is 4.75. The molecule has 1 rings (SSSR count). The predicted octanol–water partition coefficient (Wildman–Crippen LogP) is 1.94. The summed E-state index contributed by atoms with van der Waals surface area (Å²) in [5.74, 6) is 1.41. The van der Waals surface area contributed by atoms with Gasteiger partial charge in [0.25, 0.3) is 0 Å². The third kappa shape index (κ3) is 4.00. The van der Waals surface area contributed by atoms with Crippen LogP contribution in [0.2, 0.25) is 0 Å². The predicted molar refractivity (Wildman–Crippen MR) is 59.7 cm³/mol. The molecule has 0 saturated carbocycles. The molecular formula is C11H21N3O. The lowest BCUT2D eigenvalue weighted by molar-refractivity contribution is 0.283. The first-order valence-corrected chi connectivity index (χ1v) is 5.42. The first kappa shape index (κ1) is 12.2. The van der Waals surface area contributed by atoms with Crippen molar-refractivity contribution in [2.75, 3.05) is 6.54 Å². The Kier molecular flexibility index (Phi) is 3.85. The third-order valence-corrected chi connectivity index (χ3v) is 2.66. The van der Waals surface area contributed by atoms with E-state index in [9.17, 15) is 0 Å². The van der Waals surface area contributed by atoms with Gasteiger partial charge in [0, 0.05) is 19.0 Å². The van der Waals surface area contributed by atoms with E-state index < -0.39 is 0 Å². The Morgan fingerprint density at radius 2 is 2.07 bits per heavy atom. The molecule has 1 aromatic heterocycles. The summed E-state index contributed by atoms with van der Waals surface area (Å²) in [5.41, 5.74) is 0.282. The van der Waals surface area contributed by atoms with Gasteiger partial charge in [0.15, 0.2) is 5.82 Å². The third-order valence-electron chi connectivity index (χ3n) is 2.66. The molecule has 0 fully saturated rings.